The van der Waals surface area contributed by atoms with Gasteiger partial charge in [0.05, 0.1) is 13.2 Å². The highest BCUT2D eigenvalue weighted by Crippen LogP contribution is 2.29. The molecule has 3 heteroatoms. The van der Waals surface area contributed by atoms with E-state index in [-0.39, 0.29) is 0 Å². The normalized spacial score (nSPS) is 19.4. The van der Waals surface area contributed by atoms with Crippen LogP contribution in [0.4, 0.5) is 0 Å². The summed E-state index contributed by atoms with van der Waals surface area (Å²) in [6.07, 6.45) is 16.9. The van der Waals surface area contributed by atoms with Crippen molar-refractivity contribution in [2.75, 3.05) is 46.1 Å². The summed E-state index contributed by atoms with van der Waals surface area (Å²) in [6.45, 7) is 9.07. The third-order valence-corrected chi connectivity index (χ3v) is 6.30. The molecule has 0 bridgehead atoms. The lowest BCUT2D eigenvalue weighted by molar-refractivity contribution is 0.0725. The minimum absolute atomic E-state index is 0.875. The third-order valence-electron chi connectivity index (χ3n) is 6.30. The molecule has 0 aromatic carbocycles. The summed E-state index contributed by atoms with van der Waals surface area (Å²) >= 11 is 0. The molecule has 0 N–H and O–H groups in total. The molecule has 25 heavy (non-hydrogen) atoms. The zero-order chi connectivity index (χ0) is 17.6. The van der Waals surface area contributed by atoms with Gasteiger partial charge >= 0.3 is 0 Å². The topological polar surface area (TPSA) is 21.7 Å². The van der Waals surface area contributed by atoms with E-state index >= 15 is 0 Å². The van der Waals surface area contributed by atoms with Gasteiger partial charge in [-0.2, -0.15) is 0 Å². The van der Waals surface area contributed by atoms with Crippen LogP contribution in [-0.2, 0) is 9.47 Å². The zero-order valence-electron chi connectivity index (χ0n) is 16.9. The molecule has 0 aromatic heterocycles. The van der Waals surface area contributed by atoms with Crippen molar-refractivity contribution in [2.45, 2.75) is 84.0 Å². The predicted molar refractivity (Wildman–Crippen MR) is 106 cm³/mol. The Labute approximate surface area is 156 Å². The average Bonchev–Trinajstić information content (AvgIpc) is 3.32. The molecule has 2 aliphatic rings. The van der Waals surface area contributed by atoms with E-state index in [1.54, 1.807) is 0 Å². The Morgan fingerprint density at radius 2 is 1.12 bits per heavy atom. The van der Waals surface area contributed by atoms with E-state index in [9.17, 15) is 0 Å². The molecule has 2 fully saturated rings. The molecule has 148 valence electrons. The molecule has 0 radical (unpaired) electrons. The number of likely N-dealkylation sites (N-methyl/N-ethyl adjacent to an activating group) is 1. The molecular weight excluding hydrogens is 310 g/mol. The zero-order valence-corrected chi connectivity index (χ0v) is 16.9. The highest BCUT2D eigenvalue weighted by molar-refractivity contribution is 4.67. The summed E-state index contributed by atoms with van der Waals surface area (Å²) < 4.78 is 11.7. The molecule has 0 atom stereocenters. The molecule has 0 amide bonds. The van der Waals surface area contributed by atoms with E-state index < -0.39 is 0 Å². The molecule has 0 unspecified atom stereocenters. The van der Waals surface area contributed by atoms with Gasteiger partial charge in [0.1, 0.15) is 0 Å². The lowest BCUT2D eigenvalue weighted by Crippen LogP contribution is -2.31. The summed E-state index contributed by atoms with van der Waals surface area (Å²) in [5, 5.41) is 0. The fourth-order valence-electron chi connectivity index (χ4n) is 4.57. The van der Waals surface area contributed by atoms with Gasteiger partial charge in [0.2, 0.25) is 0 Å². The van der Waals surface area contributed by atoms with E-state index in [2.05, 4.69) is 11.8 Å². The van der Waals surface area contributed by atoms with Crippen LogP contribution in [0, 0.1) is 11.8 Å². The molecule has 2 aliphatic carbocycles. The molecule has 0 aromatic rings. The SMILES string of the molecule is CCN(CCOCCCC1CCCC1)CCOCCCC1CCCC1. The van der Waals surface area contributed by atoms with Gasteiger partial charge in [0.15, 0.2) is 0 Å². The minimum atomic E-state index is 0.875. The van der Waals surface area contributed by atoms with Crippen LogP contribution >= 0.6 is 0 Å². The number of hydrogen-bond acceptors (Lipinski definition) is 3. The second-order valence-corrected chi connectivity index (χ2v) is 8.24. The molecule has 2 saturated carbocycles. The second-order valence-electron chi connectivity index (χ2n) is 8.24. The van der Waals surface area contributed by atoms with Crippen LogP contribution < -0.4 is 0 Å². The van der Waals surface area contributed by atoms with Crippen molar-refractivity contribution < 1.29 is 9.47 Å². The van der Waals surface area contributed by atoms with Gasteiger partial charge in [-0.15, -0.1) is 0 Å². The molecule has 0 saturated heterocycles. The molecule has 3 nitrogen and oxygen atoms in total. The van der Waals surface area contributed by atoms with Gasteiger partial charge in [0.25, 0.3) is 0 Å². The first kappa shape index (κ1) is 21.2. The van der Waals surface area contributed by atoms with Gasteiger partial charge in [-0.3, -0.25) is 4.90 Å². The highest BCUT2D eigenvalue weighted by atomic mass is 16.5. The van der Waals surface area contributed by atoms with Crippen LogP contribution in [0.15, 0.2) is 0 Å². The largest absolute Gasteiger partial charge is 0.380 e. The monoisotopic (exact) mass is 353 g/mol. The van der Waals surface area contributed by atoms with Gasteiger partial charge in [-0.25, -0.2) is 0 Å². The minimum Gasteiger partial charge on any atom is -0.380 e. The Hall–Kier alpha value is -0.120. The van der Waals surface area contributed by atoms with Crippen LogP contribution in [-0.4, -0.2) is 51.0 Å². The first-order valence-corrected chi connectivity index (χ1v) is 11.3. The molecule has 0 spiro atoms. The van der Waals surface area contributed by atoms with Gasteiger partial charge in [0, 0.05) is 26.3 Å². The standard InChI is InChI=1S/C22H43NO2/c1-2-23(15-19-24-17-7-13-21-9-3-4-10-21)16-20-25-18-8-14-22-11-5-6-12-22/h21-22H,2-20H2,1H3. The average molecular weight is 354 g/mol. The second kappa shape index (κ2) is 14.0. The maximum absolute atomic E-state index is 5.85. The third kappa shape index (κ3) is 9.96. The maximum Gasteiger partial charge on any atom is 0.0593 e. The van der Waals surface area contributed by atoms with E-state index in [1.807, 2.05) is 0 Å². The Kier molecular flexibility index (Phi) is 11.9. The van der Waals surface area contributed by atoms with Crippen LogP contribution in [0.1, 0.15) is 84.0 Å². The fraction of sp³-hybridized carbons (Fsp3) is 1.00. The van der Waals surface area contributed by atoms with Crippen molar-refractivity contribution >= 4 is 0 Å². The van der Waals surface area contributed by atoms with Crippen LogP contribution in [0.3, 0.4) is 0 Å². The van der Waals surface area contributed by atoms with Crippen LogP contribution in [0.5, 0.6) is 0 Å². The van der Waals surface area contributed by atoms with E-state index in [0.717, 1.165) is 57.9 Å². The summed E-state index contributed by atoms with van der Waals surface area (Å²) in [5.74, 6) is 2.00. The quantitative estimate of drug-likeness (QED) is 0.374. The van der Waals surface area contributed by atoms with Gasteiger partial charge in [-0.05, 0) is 44.1 Å². The van der Waals surface area contributed by atoms with E-state index in [4.69, 9.17) is 9.47 Å². The first-order chi connectivity index (χ1) is 12.4. The molecule has 2 rings (SSSR count). The fourth-order valence-corrected chi connectivity index (χ4v) is 4.57. The number of rotatable bonds is 15. The Bertz CT molecular complexity index is 270. The highest BCUT2D eigenvalue weighted by Gasteiger charge is 2.14. The van der Waals surface area contributed by atoms with Crippen molar-refractivity contribution in [1.29, 1.82) is 0 Å². The number of hydrogen-bond donors (Lipinski definition) is 0. The Balaban J connectivity index is 1.34. The maximum atomic E-state index is 5.85. The molecule has 0 aliphatic heterocycles. The Morgan fingerprint density at radius 1 is 0.680 bits per heavy atom. The van der Waals surface area contributed by atoms with Crippen LogP contribution in [0.25, 0.3) is 0 Å². The molecule has 0 heterocycles. The summed E-state index contributed by atoms with van der Waals surface area (Å²) in [5.41, 5.74) is 0. The summed E-state index contributed by atoms with van der Waals surface area (Å²) in [7, 11) is 0. The molecular formula is C22H43NO2. The van der Waals surface area contributed by atoms with Crippen LogP contribution in [0.2, 0.25) is 0 Å². The van der Waals surface area contributed by atoms with Crippen molar-refractivity contribution in [1.82, 2.24) is 4.90 Å². The summed E-state index contributed by atoms with van der Waals surface area (Å²) in [4.78, 5) is 2.45. The smallest absolute Gasteiger partial charge is 0.0593 e. The first-order valence-electron chi connectivity index (χ1n) is 11.3. The lowest BCUT2D eigenvalue weighted by Gasteiger charge is -2.20. The predicted octanol–water partition coefficient (Wildman–Crippen LogP) is 5.28. The van der Waals surface area contributed by atoms with Gasteiger partial charge < -0.3 is 9.47 Å². The van der Waals surface area contributed by atoms with Crippen molar-refractivity contribution in [3.63, 3.8) is 0 Å². The number of ether oxygens (including phenoxy) is 2. The lowest BCUT2D eigenvalue weighted by atomic mass is 10.0. The van der Waals surface area contributed by atoms with Crippen molar-refractivity contribution in [3.8, 4) is 0 Å². The summed E-state index contributed by atoms with van der Waals surface area (Å²) in [6, 6.07) is 0. The van der Waals surface area contributed by atoms with Gasteiger partial charge in [-0.1, -0.05) is 58.3 Å². The number of nitrogens with zero attached hydrogens (tertiary/aromatic N) is 1. The van der Waals surface area contributed by atoms with Crippen molar-refractivity contribution in [3.05, 3.63) is 0 Å². The van der Waals surface area contributed by atoms with E-state index in [0.29, 0.717) is 0 Å². The van der Waals surface area contributed by atoms with E-state index in [1.165, 1.54) is 77.0 Å². The Morgan fingerprint density at radius 3 is 1.52 bits per heavy atom. The van der Waals surface area contributed by atoms with Crippen molar-refractivity contribution in [2.24, 2.45) is 11.8 Å².